The summed E-state index contributed by atoms with van der Waals surface area (Å²) in [6, 6.07) is 16.2. The Bertz CT molecular complexity index is 1290. The van der Waals surface area contributed by atoms with Gasteiger partial charge in [-0.05, 0) is 36.2 Å². The summed E-state index contributed by atoms with van der Waals surface area (Å²) in [7, 11) is 0. The number of nitrogens with one attached hydrogen (secondary N) is 1. The molecule has 8 heteroatoms. The summed E-state index contributed by atoms with van der Waals surface area (Å²) in [4.78, 5) is 27.5. The number of fused-ring (bicyclic) bond motifs is 1. The van der Waals surface area contributed by atoms with Crippen LogP contribution < -0.4 is 5.32 Å². The summed E-state index contributed by atoms with van der Waals surface area (Å²) in [5, 5.41) is 3.81. The van der Waals surface area contributed by atoms with Crippen molar-refractivity contribution in [3.05, 3.63) is 101 Å². The Kier molecular flexibility index (Phi) is 6.00. The Balaban J connectivity index is 1.59. The fraction of sp³-hybridized carbons (Fsp3) is 0.160. The number of carbonyl (C=O) groups excluding carboxylic acids is 2. The molecule has 1 amide bonds. The van der Waals surface area contributed by atoms with E-state index in [2.05, 4.69) is 10.3 Å². The number of para-hydroxylation sites is 1. The zero-order valence-corrected chi connectivity index (χ0v) is 17.6. The van der Waals surface area contributed by atoms with Crippen molar-refractivity contribution in [2.24, 2.45) is 0 Å². The largest absolute Gasteiger partial charge is 0.433 e. The van der Waals surface area contributed by atoms with Crippen LogP contribution >= 0.6 is 0 Å². The molecule has 0 saturated carbocycles. The third-order valence-electron chi connectivity index (χ3n) is 5.42. The summed E-state index contributed by atoms with van der Waals surface area (Å²) < 4.78 is 40.2. The number of pyridine rings is 1. The van der Waals surface area contributed by atoms with Crippen molar-refractivity contribution in [2.45, 2.75) is 25.7 Å². The van der Waals surface area contributed by atoms with Gasteiger partial charge in [-0.25, -0.2) is 0 Å². The van der Waals surface area contributed by atoms with E-state index in [0.29, 0.717) is 22.2 Å². The molecule has 0 spiro atoms. The smallest absolute Gasteiger partial charge is 0.345 e. The molecule has 4 rings (SSSR count). The van der Waals surface area contributed by atoms with Crippen molar-refractivity contribution < 1.29 is 22.8 Å². The Morgan fingerprint density at radius 2 is 1.85 bits per heavy atom. The molecule has 33 heavy (non-hydrogen) atoms. The Hall–Kier alpha value is -3.94. The van der Waals surface area contributed by atoms with Crippen LogP contribution in [-0.4, -0.2) is 21.7 Å². The van der Waals surface area contributed by atoms with Crippen molar-refractivity contribution >= 4 is 23.1 Å². The first kappa shape index (κ1) is 22.3. The van der Waals surface area contributed by atoms with E-state index in [1.807, 2.05) is 23.6 Å². The highest BCUT2D eigenvalue weighted by Crippen LogP contribution is 2.28. The molecule has 0 aliphatic carbocycles. The summed E-state index contributed by atoms with van der Waals surface area (Å²) in [6.07, 6.45) is -0.745. The first-order valence-electron chi connectivity index (χ1n) is 10.2. The van der Waals surface area contributed by atoms with Gasteiger partial charge in [0.2, 0.25) is 0 Å². The van der Waals surface area contributed by atoms with Crippen LogP contribution in [0.4, 0.5) is 13.2 Å². The van der Waals surface area contributed by atoms with E-state index in [-0.39, 0.29) is 18.5 Å². The standard InChI is InChI=1S/C25H20F3N3O2/c1-16(19-8-5-17(15-32)6-9-19)30-24(33)21-4-2-3-20-11-12-31(23(20)21)14-18-7-10-22(29-13-18)25(26,27)28/h2-13,15-16H,14H2,1H3,(H,30,33)/t16-/m0/s1. The van der Waals surface area contributed by atoms with Crippen molar-refractivity contribution in [1.82, 2.24) is 14.9 Å². The second-order valence-corrected chi connectivity index (χ2v) is 7.72. The zero-order chi connectivity index (χ0) is 23.6. The second kappa shape index (κ2) is 8.90. The lowest BCUT2D eigenvalue weighted by Crippen LogP contribution is -2.27. The van der Waals surface area contributed by atoms with Crippen LogP contribution in [0.25, 0.3) is 10.9 Å². The highest BCUT2D eigenvalue weighted by Gasteiger charge is 2.32. The summed E-state index contributed by atoms with van der Waals surface area (Å²) >= 11 is 0. The van der Waals surface area contributed by atoms with Gasteiger partial charge in [-0.15, -0.1) is 0 Å². The number of alkyl halides is 3. The molecule has 5 nitrogen and oxygen atoms in total. The lowest BCUT2D eigenvalue weighted by Gasteiger charge is -2.16. The minimum Gasteiger partial charge on any atom is -0.345 e. The van der Waals surface area contributed by atoms with Gasteiger partial charge in [0.25, 0.3) is 5.91 Å². The highest BCUT2D eigenvalue weighted by atomic mass is 19.4. The van der Waals surface area contributed by atoms with E-state index in [9.17, 15) is 22.8 Å². The van der Waals surface area contributed by atoms with Crippen LogP contribution in [0, 0.1) is 0 Å². The van der Waals surface area contributed by atoms with Crippen molar-refractivity contribution in [1.29, 1.82) is 0 Å². The minimum atomic E-state index is -4.49. The van der Waals surface area contributed by atoms with Gasteiger partial charge in [0, 0.05) is 29.9 Å². The second-order valence-electron chi connectivity index (χ2n) is 7.72. The monoisotopic (exact) mass is 451 g/mol. The van der Waals surface area contributed by atoms with Gasteiger partial charge in [0.15, 0.2) is 0 Å². The quantitative estimate of drug-likeness (QED) is 0.399. The maximum absolute atomic E-state index is 13.1. The summed E-state index contributed by atoms with van der Waals surface area (Å²) in [5.74, 6) is -0.280. The number of hydrogen-bond donors (Lipinski definition) is 1. The molecular formula is C25H20F3N3O2. The number of hydrogen-bond acceptors (Lipinski definition) is 3. The predicted octanol–water partition coefficient (Wildman–Crippen LogP) is 5.41. The molecule has 0 bridgehead atoms. The van der Waals surface area contributed by atoms with Crippen LogP contribution in [0.5, 0.6) is 0 Å². The molecular weight excluding hydrogens is 431 g/mol. The number of aromatic nitrogens is 2. The van der Waals surface area contributed by atoms with E-state index in [1.54, 1.807) is 42.6 Å². The van der Waals surface area contributed by atoms with E-state index in [4.69, 9.17) is 0 Å². The van der Waals surface area contributed by atoms with Gasteiger partial charge in [0.1, 0.15) is 12.0 Å². The number of rotatable bonds is 6. The average molecular weight is 451 g/mol. The minimum absolute atomic E-state index is 0.266. The third-order valence-corrected chi connectivity index (χ3v) is 5.42. The van der Waals surface area contributed by atoms with E-state index >= 15 is 0 Å². The van der Waals surface area contributed by atoms with Gasteiger partial charge in [-0.3, -0.25) is 14.6 Å². The Labute approximate surface area is 187 Å². The SMILES string of the molecule is C[C@H](NC(=O)c1cccc2ccn(Cc3ccc(C(F)(F)F)nc3)c12)c1ccc(C=O)cc1. The number of amides is 1. The maximum Gasteiger partial charge on any atom is 0.433 e. The van der Waals surface area contributed by atoms with Crippen molar-refractivity contribution in [3.8, 4) is 0 Å². The number of halogens is 3. The Morgan fingerprint density at radius 3 is 2.48 bits per heavy atom. The van der Waals surface area contributed by atoms with E-state index in [0.717, 1.165) is 23.3 Å². The van der Waals surface area contributed by atoms with Crippen LogP contribution in [0.1, 0.15) is 50.5 Å². The van der Waals surface area contributed by atoms with Crippen LogP contribution in [-0.2, 0) is 12.7 Å². The Morgan fingerprint density at radius 1 is 1.09 bits per heavy atom. The first-order chi connectivity index (χ1) is 15.8. The van der Waals surface area contributed by atoms with Crippen molar-refractivity contribution in [3.63, 3.8) is 0 Å². The van der Waals surface area contributed by atoms with Crippen LogP contribution in [0.15, 0.2) is 73.1 Å². The molecule has 2 aromatic heterocycles. The number of aldehydes is 1. The molecule has 2 aromatic carbocycles. The fourth-order valence-electron chi connectivity index (χ4n) is 3.68. The number of carbonyl (C=O) groups is 2. The van der Waals surface area contributed by atoms with Crippen molar-refractivity contribution in [2.75, 3.05) is 0 Å². The maximum atomic E-state index is 13.1. The molecule has 0 fully saturated rings. The van der Waals surface area contributed by atoms with Gasteiger partial charge < -0.3 is 9.88 Å². The predicted molar refractivity (Wildman–Crippen MR) is 118 cm³/mol. The average Bonchev–Trinajstić information content (AvgIpc) is 3.21. The molecule has 0 radical (unpaired) electrons. The molecule has 0 aliphatic rings. The zero-order valence-electron chi connectivity index (χ0n) is 17.6. The van der Waals surface area contributed by atoms with Crippen LogP contribution in [0.3, 0.4) is 0 Å². The first-order valence-corrected chi connectivity index (χ1v) is 10.2. The molecule has 168 valence electrons. The molecule has 1 atom stereocenters. The van der Waals surface area contributed by atoms with E-state index in [1.165, 1.54) is 12.3 Å². The molecule has 0 saturated heterocycles. The normalized spacial score (nSPS) is 12.5. The topological polar surface area (TPSA) is 64.0 Å². The molecule has 0 unspecified atom stereocenters. The lowest BCUT2D eigenvalue weighted by molar-refractivity contribution is -0.141. The fourth-order valence-corrected chi connectivity index (χ4v) is 3.68. The van der Waals surface area contributed by atoms with E-state index < -0.39 is 11.9 Å². The molecule has 1 N–H and O–H groups in total. The molecule has 2 heterocycles. The van der Waals surface area contributed by atoms with Gasteiger partial charge >= 0.3 is 6.18 Å². The summed E-state index contributed by atoms with van der Waals surface area (Å²) in [5.41, 5.74) is 2.18. The van der Waals surface area contributed by atoms with Gasteiger partial charge in [-0.1, -0.05) is 42.5 Å². The highest BCUT2D eigenvalue weighted by molar-refractivity contribution is 6.06. The third kappa shape index (κ3) is 4.79. The van der Waals surface area contributed by atoms with Crippen LogP contribution in [0.2, 0.25) is 0 Å². The lowest BCUT2D eigenvalue weighted by atomic mass is 10.1. The van der Waals surface area contributed by atoms with Gasteiger partial charge in [-0.2, -0.15) is 13.2 Å². The summed E-state index contributed by atoms with van der Waals surface area (Å²) in [6.45, 7) is 2.11. The number of nitrogens with zero attached hydrogens (tertiary/aromatic N) is 2. The molecule has 0 aliphatic heterocycles. The number of benzene rings is 2. The molecule has 4 aromatic rings. The van der Waals surface area contributed by atoms with Gasteiger partial charge in [0.05, 0.1) is 17.1 Å².